The van der Waals surface area contributed by atoms with Crippen molar-refractivity contribution in [2.75, 3.05) is 0 Å². The average Bonchev–Trinajstić information content (AvgIpc) is 3.22. The van der Waals surface area contributed by atoms with Gasteiger partial charge in [0.2, 0.25) is 10.0 Å². The first-order chi connectivity index (χ1) is 13.0. The van der Waals surface area contributed by atoms with Crippen LogP contribution in [0.25, 0.3) is 6.08 Å². The van der Waals surface area contributed by atoms with E-state index < -0.39 is 10.0 Å². The van der Waals surface area contributed by atoms with Crippen molar-refractivity contribution in [2.24, 2.45) is 7.05 Å². The number of aryl methyl sites for hydroxylation is 1. The van der Waals surface area contributed by atoms with Gasteiger partial charge in [-0.05, 0) is 43.4 Å². The maximum absolute atomic E-state index is 13.1. The van der Waals surface area contributed by atoms with Crippen molar-refractivity contribution >= 4 is 16.1 Å². The summed E-state index contributed by atoms with van der Waals surface area (Å²) in [4.78, 5) is 0. The molecule has 0 amide bonds. The molecule has 2 fully saturated rings. The lowest BCUT2D eigenvalue weighted by atomic mass is 10.2. The third kappa shape index (κ3) is 4.33. The van der Waals surface area contributed by atoms with Gasteiger partial charge in [0, 0.05) is 30.1 Å². The summed E-state index contributed by atoms with van der Waals surface area (Å²) in [6.45, 7) is 0.354. The predicted molar refractivity (Wildman–Crippen MR) is 107 cm³/mol. The topological polar surface area (TPSA) is 55.2 Å². The summed E-state index contributed by atoms with van der Waals surface area (Å²) in [5.41, 5.74) is 2.97. The molecule has 0 aliphatic heterocycles. The zero-order chi connectivity index (χ0) is 18.9. The Hall–Kier alpha value is -1.92. The summed E-state index contributed by atoms with van der Waals surface area (Å²) in [6, 6.07) is 11.7. The third-order valence-corrected chi connectivity index (χ3v) is 7.13. The fourth-order valence-corrected chi connectivity index (χ4v) is 5.39. The van der Waals surface area contributed by atoms with E-state index in [1.54, 1.807) is 10.4 Å². The average molecular weight is 386 g/mol. The summed E-state index contributed by atoms with van der Waals surface area (Å²) in [5, 5.41) is 5.95. The van der Waals surface area contributed by atoms with Crippen LogP contribution in [0, 0.1) is 0 Å². The number of hydrogen-bond acceptors (Lipinski definition) is 3. The van der Waals surface area contributed by atoms with Crippen LogP contribution in [0.1, 0.15) is 61.4 Å². The Morgan fingerprint density at radius 3 is 2.52 bits per heavy atom. The normalized spacial score (nSPS) is 18.7. The van der Waals surface area contributed by atoms with Gasteiger partial charge in [-0.15, -0.1) is 0 Å². The Labute approximate surface area is 161 Å². The summed E-state index contributed by atoms with van der Waals surface area (Å²) >= 11 is 0. The van der Waals surface area contributed by atoms with Crippen LogP contribution in [-0.2, 0) is 23.6 Å². The highest BCUT2D eigenvalue weighted by atomic mass is 32.2. The Kier molecular flexibility index (Phi) is 5.19. The van der Waals surface area contributed by atoms with Crippen molar-refractivity contribution in [1.82, 2.24) is 14.1 Å². The lowest BCUT2D eigenvalue weighted by Gasteiger charge is -2.25. The minimum absolute atomic E-state index is 0.0711. The largest absolute Gasteiger partial charge is 0.272 e. The Morgan fingerprint density at radius 1 is 1.15 bits per heavy atom. The Morgan fingerprint density at radius 2 is 1.85 bits per heavy atom. The van der Waals surface area contributed by atoms with E-state index in [-0.39, 0.29) is 6.04 Å². The van der Waals surface area contributed by atoms with E-state index in [0.717, 1.165) is 36.9 Å². The number of rotatable bonds is 7. The first kappa shape index (κ1) is 18.4. The molecular weight excluding hydrogens is 358 g/mol. The second-order valence-electron chi connectivity index (χ2n) is 7.70. The molecule has 0 bridgehead atoms. The van der Waals surface area contributed by atoms with Gasteiger partial charge >= 0.3 is 0 Å². The zero-order valence-corrected chi connectivity index (χ0v) is 16.6. The van der Waals surface area contributed by atoms with Gasteiger partial charge in [0.25, 0.3) is 0 Å². The molecule has 2 aliphatic rings. The summed E-state index contributed by atoms with van der Waals surface area (Å²) in [6.07, 6.45) is 8.16. The van der Waals surface area contributed by atoms with Gasteiger partial charge in [0.1, 0.15) is 0 Å². The molecule has 1 aromatic heterocycles. The van der Waals surface area contributed by atoms with Gasteiger partial charge < -0.3 is 0 Å². The molecule has 27 heavy (non-hydrogen) atoms. The lowest BCUT2D eigenvalue weighted by Crippen LogP contribution is -2.37. The van der Waals surface area contributed by atoms with Crippen molar-refractivity contribution in [2.45, 2.75) is 57.0 Å². The Balaban J connectivity index is 1.58. The zero-order valence-electron chi connectivity index (χ0n) is 15.8. The maximum Gasteiger partial charge on any atom is 0.236 e. The molecule has 1 aromatic carbocycles. The number of sulfonamides is 1. The summed E-state index contributed by atoms with van der Waals surface area (Å²) in [7, 11) is -1.55. The minimum atomic E-state index is -3.51. The fourth-order valence-electron chi connectivity index (χ4n) is 3.97. The molecule has 0 atom stereocenters. The Bertz CT molecular complexity index is 908. The van der Waals surface area contributed by atoms with Gasteiger partial charge in [0.15, 0.2) is 0 Å². The molecule has 2 aromatic rings. The predicted octanol–water partition coefficient (Wildman–Crippen LogP) is 4.04. The highest BCUT2D eigenvalue weighted by Gasteiger charge is 2.32. The monoisotopic (exact) mass is 385 g/mol. The summed E-state index contributed by atoms with van der Waals surface area (Å²) < 4.78 is 29.9. The van der Waals surface area contributed by atoms with Gasteiger partial charge in [0.05, 0.1) is 12.2 Å². The van der Waals surface area contributed by atoms with Crippen molar-refractivity contribution in [3.8, 4) is 0 Å². The molecule has 4 rings (SSSR count). The van der Waals surface area contributed by atoms with Gasteiger partial charge in [-0.2, -0.15) is 9.40 Å². The highest BCUT2D eigenvalue weighted by molar-refractivity contribution is 7.92. The molecule has 0 radical (unpaired) electrons. The van der Waals surface area contributed by atoms with Crippen LogP contribution in [0.4, 0.5) is 0 Å². The van der Waals surface area contributed by atoms with Crippen molar-refractivity contribution in [1.29, 1.82) is 0 Å². The molecule has 2 saturated carbocycles. The third-order valence-electron chi connectivity index (χ3n) is 5.57. The maximum atomic E-state index is 13.1. The van der Waals surface area contributed by atoms with Crippen molar-refractivity contribution < 1.29 is 8.42 Å². The van der Waals surface area contributed by atoms with E-state index >= 15 is 0 Å². The van der Waals surface area contributed by atoms with Gasteiger partial charge in [-0.3, -0.25) is 4.68 Å². The molecule has 0 N–H and O–H groups in total. The molecule has 0 unspecified atom stereocenters. The second-order valence-corrected chi connectivity index (χ2v) is 9.47. The standard InChI is InChI=1S/C21H27N3O2S/c1-23-21(18-11-12-18)15-19(22-23)16-24(20-9-5-6-10-20)27(25,26)14-13-17-7-3-2-4-8-17/h2-4,7-8,13-15,18,20H,5-6,9-12,16H2,1H3/b14-13+. The smallest absolute Gasteiger partial charge is 0.236 e. The van der Waals surface area contributed by atoms with E-state index in [1.807, 2.05) is 42.1 Å². The van der Waals surface area contributed by atoms with Crippen LogP contribution in [-0.4, -0.2) is 28.5 Å². The fraction of sp³-hybridized carbons (Fsp3) is 0.476. The number of benzene rings is 1. The minimum Gasteiger partial charge on any atom is -0.272 e. The first-order valence-corrected chi connectivity index (χ1v) is 11.3. The SMILES string of the molecule is Cn1nc(CN(C2CCCC2)S(=O)(=O)/C=C/c2ccccc2)cc1C1CC1. The van der Waals surface area contributed by atoms with Crippen LogP contribution in [0.3, 0.4) is 0 Å². The first-order valence-electron chi connectivity index (χ1n) is 9.81. The van der Waals surface area contributed by atoms with Crippen LogP contribution in [0.2, 0.25) is 0 Å². The van der Waals surface area contributed by atoms with Crippen LogP contribution in [0.5, 0.6) is 0 Å². The van der Waals surface area contributed by atoms with E-state index in [2.05, 4.69) is 11.2 Å². The van der Waals surface area contributed by atoms with Crippen molar-refractivity contribution in [3.63, 3.8) is 0 Å². The molecule has 0 spiro atoms. The van der Waals surface area contributed by atoms with E-state index in [9.17, 15) is 8.42 Å². The highest BCUT2D eigenvalue weighted by Crippen LogP contribution is 2.40. The summed E-state index contributed by atoms with van der Waals surface area (Å²) in [5.74, 6) is 0.603. The second kappa shape index (κ2) is 7.60. The molecule has 0 saturated heterocycles. The number of aromatic nitrogens is 2. The number of hydrogen-bond donors (Lipinski definition) is 0. The molecule has 1 heterocycles. The molecule has 144 valence electrons. The van der Waals surface area contributed by atoms with Crippen LogP contribution < -0.4 is 0 Å². The van der Waals surface area contributed by atoms with E-state index in [4.69, 9.17) is 0 Å². The molecular formula is C21H27N3O2S. The molecule has 5 nitrogen and oxygen atoms in total. The van der Waals surface area contributed by atoms with Crippen molar-refractivity contribution in [3.05, 3.63) is 58.8 Å². The molecule has 6 heteroatoms. The van der Waals surface area contributed by atoms with Gasteiger partial charge in [-0.1, -0.05) is 43.2 Å². The molecule has 2 aliphatic carbocycles. The lowest BCUT2D eigenvalue weighted by molar-refractivity contribution is 0.316. The van der Waals surface area contributed by atoms with Gasteiger partial charge in [-0.25, -0.2) is 8.42 Å². The van der Waals surface area contributed by atoms with Crippen LogP contribution in [0.15, 0.2) is 41.8 Å². The van der Waals surface area contributed by atoms with E-state index in [0.29, 0.717) is 12.5 Å². The van der Waals surface area contributed by atoms with E-state index in [1.165, 1.54) is 23.9 Å². The van der Waals surface area contributed by atoms with Crippen LogP contribution >= 0.6 is 0 Å². The number of nitrogens with zero attached hydrogens (tertiary/aromatic N) is 3. The quantitative estimate of drug-likeness (QED) is 0.723.